The Labute approximate surface area is 102 Å². The molecule has 1 aromatic rings. The third kappa shape index (κ3) is 3.78. The molecule has 0 saturated heterocycles. The predicted octanol–water partition coefficient (Wildman–Crippen LogP) is 1.20. The Hall–Kier alpha value is -0.940. The molecule has 1 aliphatic carbocycles. The second-order valence-corrected chi connectivity index (χ2v) is 4.75. The Kier molecular flexibility index (Phi) is 4.50. The fraction of sp³-hybridized carbons (Fsp3) is 0.833. The minimum atomic E-state index is -0.207. The molecule has 1 heterocycles. The number of rotatable bonds is 4. The lowest BCUT2D eigenvalue weighted by Gasteiger charge is -2.21. The van der Waals surface area contributed by atoms with Crippen molar-refractivity contribution in [2.75, 3.05) is 6.54 Å². The number of hydrogen-bond acceptors (Lipinski definition) is 5. The van der Waals surface area contributed by atoms with E-state index in [0.717, 1.165) is 32.2 Å². The highest BCUT2D eigenvalue weighted by molar-refractivity contribution is 4.85. The molecule has 96 valence electrons. The monoisotopic (exact) mass is 239 g/mol. The molecular formula is C12H21N3O2. The van der Waals surface area contributed by atoms with Crippen molar-refractivity contribution >= 4 is 0 Å². The number of aliphatic hydroxyl groups is 1. The molecule has 2 N–H and O–H groups in total. The van der Waals surface area contributed by atoms with E-state index in [9.17, 15) is 5.11 Å². The molecule has 2 unspecified atom stereocenters. The van der Waals surface area contributed by atoms with E-state index in [-0.39, 0.29) is 12.1 Å². The first-order valence-corrected chi connectivity index (χ1v) is 6.46. The Morgan fingerprint density at radius 1 is 1.35 bits per heavy atom. The maximum atomic E-state index is 9.94. The number of nitrogens with one attached hydrogen (secondary N) is 1. The summed E-state index contributed by atoms with van der Waals surface area (Å²) >= 11 is 0. The van der Waals surface area contributed by atoms with Gasteiger partial charge >= 0.3 is 0 Å². The minimum Gasteiger partial charge on any atom is -0.392 e. The summed E-state index contributed by atoms with van der Waals surface area (Å²) < 4.78 is 5.04. The zero-order valence-corrected chi connectivity index (χ0v) is 10.4. The lowest BCUT2D eigenvalue weighted by atomic mass is 10.1. The van der Waals surface area contributed by atoms with Crippen molar-refractivity contribution in [3.63, 3.8) is 0 Å². The van der Waals surface area contributed by atoms with Crippen molar-refractivity contribution in [3.05, 3.63) is 11.7 Å². The van der Waals surface area contributed by atoms with Crippen molar-refractivity contribution < 1.29 is 9.63 Å². The van der Waals surface area contributed by atoms with E-state index in [1.54, 1.807) is 0 Å². The van der Waals surface area contributed by atoms with Gasteiger partial charge in [-0.2, -0.15) is 4.98 Å². The number of aryl methyl sites for hydroxylation is 1. The summed E-state index contributed by atoms with van der Waals surface area (Å²) in [5, 5.41) is 17.1. The summed E-state index contributed by atoms with van der Waals surface area (Å²) in [6.45, 7) is 2.60. The summed E-state index contributed by atoms with van der Waals surface area (Å²) in [6, 6.07) is 0.224. The molecule has 5 nitrogen and oxygen atoms in total. The van der Waals surface area contributed by atoms with Gasteiger partial charge in [0, 0.05) is 19.0 Å². The van der Waals surface area contributed by atoms with Crippen LogP contribution in [-0.2, 0) is 6.42 Å². The quantitative estimate of drug-likeness (QED) is 0.773. The average Bonchev–Trinajstić information content (AvgIpc) is 2.61. The Morgan fingerprint density at radius 3 is 2.94 bits per heavy atom. The van der Waals surface area contributed by atoms with Crippen LogP contribution in [0.4, 0.5) is 0 Å². The van der Waals surface area contributed by atoms with Crippen molar-refractivity contribution in [1.82, 2.24) is 15.5 Å². The minimum absolute atomic E-state index is 0.207. The third-order valence-electron chi connectivity index (χ3n) is 3.29. The van der Waals surface area contributed by atoms with Gasteiger partial charge in [-0.05, 0) is 19.8 Å². The van der Waals surface area contributed by atoms with Gasteiger partial charge in [-0.3, -0.25) is 0 Å². The molecule has 0 amide bonds. The summed E-state index contributed by atoms with van der Waals surface area (Å²) in [7, 11) is 0. The van der Waals surface area contributed by atoms with Crippen LogP contribution in [0, 0.1) is 6.92 Å². The highest BCUT2D eigenvalue weighted by atomic mass is 16.5. The second-order valence-electron chi connectivity index (χ2n) is 4.75. The zero-order chi connectivity index (χ0) is 12.1. The molecule has 0 radical (unpaired) electrons. The fourth-order valence-electron chi connectivity index (χ4n) is 2.33. The predicted molar refractivity (Wildman–Crippen MR) is 63.6 cm³/mol. The van der Waals surface area contributed by atoms with E-state index in [4.69, 9.17) is 4.52 Å². The largest absolute Gasteiger partial charge is 0.392 e. The molecule has 1 fully saturated rings. The second kappa shape index (κ2) is 6.12. The Balaban J connectivity index is 1.73. The molecule has 5 heteroatoms. The van der Waals surface area contributed by atoms with Crippen molar-refractivity contribution in [2.45, 2.75) is 57.6 Å². The smallest absolute Gasteiger partial charge is 0.227 e. The molecule has 2 atom stereocenters. The summed E-state index contributed by atoms with van der Waals surface area (Å²) in [5.74, 6) is 1.34. The van der Waals surface area contributed by atoms with Crippen molar-refractivity contribution in [1.29, 1.82) is 0 Å². The Bertz CT molecular complexity index is 340. The lowest BCUT2D eigenvalue weighted by Crippen LogP contribution is -2.40. The van der Waals surface area contributed by atoms with Gasteiger partial charge in [0.25, 0.3) is 0 Å². The van der Waals surface area contributed by atoms with E-state index in [2.05, 4.69) is 15.5 Å². The maximum Gasteiger partial charge on any atom is 0.227 e. The van der Waals surface area contributed by atoms with Crippen molar-refractivity contribution in [2.24, 2.45) is 0 Å². The van der Waals surface area contributed by atoms with E-state index >= 15 is 0 Å². The van der Waals surface area contributed by atoms with Crippen LogP contribution >= 0.6 is 0 Å². The SMILES string of the molecule is Cc1noc(CCNC2CCCCCC2O)n1. The van der Waals surface area contributed by atoms with Gasteiger partial charge in [-0.15, -0.1) is 0 Å². The highest BCUT2D eigenvalue weighted by Gasteiger charge is 2.20. The molecule has 1 aliphatic rings. The van der Waals surface area contributed by atoms with Crippen molar-refractivity contribution in [3.8, 4) is 0 Å². The number of hydrogen-bond donors (Lipinski definition) is 2. The van der Waals surface area contributed by atoms with Crippen LogP contribution in [0.25, 0.3) is 0 Å². The van der Waals surface area contributed by atoms with Gasteiger partial charge in [0.2, 0.25) is 5.89 Å². The lowest BCUT2D eigenvalue weighted by molar-refractivity contribution is 0.120. The van der Waals surface area contributed by atoms with E-state index in [0.29, 0.717) is 11.7 Å². The fourth-order valence-corrected chi connectivity index (χ4v) is 2.33. The van der Waals surface area contributed by atoms with Crippen LogP contribution in [0.1, 0.15) is 43.8 Å². The molecule has 17 heavy (non-hydrogen) atoms. The maximum absolute atomic E-state index is 9.94. The van der Waals surface area contributed by atoms with E-state index in [1.165, 1.54) is 12.8 Å². The first-order chi connectivity index (χ1) is 8.25. The molecule has 0 aromatic carbocycles. The van der Waals surface area contributed by atoms with Gasteiger partial charge in [0.15, 0.2) is 5.82 Å². The van der Waals surface area contributed by atoms with Crippen LogP contribution in [0.2, 0.25) is 0 Å². The number of aromatic nitrogens is 2. The first-order valence-electron chi connectivity index (χ1n) is 6.46. The molecule has 1 aromatic heterocycles. The first kappa shape index (κ1) is 12.5. The highest BCUT2D eigenvalue weighted by Crippen LogP contribution is 2.17. The van der Waals surface area contributed by atoms with Gasteiger partial charge < -0.3 is 14.9 Å². The Morgan fingerprint density at radius 2 is 2.18 bits per heavy atom. The van der Waals surface area contributed by atoms with Gasteiger partial charge in [-0.1, -0.05) is 24.4 Å². The normalized spacial score (nSPS) is 25.8. The summed E-state index contributed by atoms with van der Waals surface area (Å²) in [5.41, 5.74) is 0. The third-order valence-corrected chi connectivity index (χ3v) is 3.29. The van der Waals surface area contributed by atoms with E-state index < -0.39 is 0 Å². The molecule has 1 saturated carbocycles. The van der Waals surface area contributed by atoms with E-state index in [1.807, 2.05) is 6.92 Å². The number of aliphatic hydroxyl groups excluding tert-OH is 1. The van der Waals surface area contributed by atoms with Crippen LogP contribution in [0.3, 0.4) is 0 Å². The summed E-state index contributed by atoms with van der Waals surface area (Å²) in [6.07, 6.45) is 6.07. The molecule has 0 spiro atoms. The van der Waals surface area contributed by atoms with Gasteiger partial charge in [-0.25, -0.2) is 0 Å². The average molecular weight is 239 g/mol. The standard InChI is InChI=1S/C12H21N3O2/c1-9-14-12(17-15-9)7-8-13-10-5-3-2-4-6-11(10)16/h10-11,13,16H,2-8H2,1H3. The molecule has 0 bridgehead atoms. The van der Waals surface area contributed by atoms with Crippen LogP contribution in [-0.4, -0.2) is 33.9 Å². The molecule has 0 aliphatic heterocycles. The number of nitrogens with zero attached hydrogens (tertiary/aromatic N) is 2. The van der Waals surface area contributed by atoms with Crippen LogP contribution in [0.15, 0.2) is 4.52 Å². The van der Waals surface area contributed by atoms with Crippen LogP contribution < -0.4 is 5.32 Å². The van der Waals surface area contributed by atoms with Crippen LogP contribution in [0.5, 0.6) is 0 Å². The molecular weight excluding hydrogens is 218 g/mol. The van der Waals surface area contributed by atoms with Gasteiger partial charge in [0.05, 0.1) is 6.10 Å². The molecule has 2 rings (SSSR count). The topological polar surface area (TPSA) is 71.2 Å². The zero-order valence-electron chi connectivity index (χ0n) is 10.4. The van der Waals surface area contributed by atoms with Gasteiger partial charge in [0.1, 0.15) is 0 Å². The summed E-state index contributed by atoms with van der Waals surface area (Å²) in [4.78, 5) is 4.15.